The van der Waals surface area contributed by atoms with Gasteiger partial charge in [0.25, 0.3) is 5.91 Å². The maximum atomic E-state index is 13.0. The first-order chi connectivity index (χ1) is 12.5. The number of carbonyl (C=O) groups is 2. The van der Waals surface area contributed by atoms with Crippen molar-refractivity contribution in [3.8, 4) is 11.5 Å². The minimum Gasteiger partial charge on any atom is -0.493 e. The molecule has 1 unspecified atom stereocenters. The molecule has 0 spiro atoms. The van der Waals surface area contributed by atoms with Crippen molar-refractivity contribution < 1.29 is 19.1 Å². The molecule has 1 saturated heterocycles. The van der Waals surface area contributed by atoms with Crippen LogP contribution < -0.4 is 20.5 Å². The summed E-state index contributed by atoms with van der Waals surface area (Å²) in [5.74, 6) is 0.461. The van der Waals surface area contributed by atoms with Crippen LogP contribution in [0, 0.1) is 0 Å². The summed E-state index contributed by atoms with van der Waals surface area (Å²) in [5.41, 5.74) is 6.70. The number of ether oxygens (including phenoxy) is 2. The van der Waals surface area contributed by atoms with E-state index in [9.17, 15) is 9.59 Å². The maximum absolute atomic E-state index is 13.0. The molecule has 2 amide bonds. The Balaban J connectivity index is 2.36. The SMILES string of the molecule is CCCC(N)C(=O)Nc1cc(OC)c(OC)cc1C(=O)N1CCCCC1. The zero-order chi connectivity index (χ0) is 19.1. The van der Waals surface area contributed by atoms with E-state index in [4.69, 9.17) is 15.2 Å². The molecule has 3 N–H and O–H groups in total. The first-order valence-corrected chi connectivity index (χ1v) is 9.13. The van der Waals surface area contributed by atoms with E-state index in [-0.39, 0.29) is 11.8 Å². The summed E-state index contributed by atoms with van der Waals surface area (Å²) in [7, 11) is 3.03. The first-order valence-electron chi connectivity index (χ1n) is 9.13. The van der Waals surface area contributed by atoms with Gasteiger partial charge in [-0.05, 0) is 31.7 Å². The molecule has 0 aromatic heterocycles. The highest BCUT2D eigenvalue weighted by Gasteiger charge is 2.25. The Kier molecular flexibility index (Phi) is 7.26. The van der Waals surface area contributed by atoms with Gasteiger partial charge in [-0.2, -0.15) is 0 Å². The second kappa shape index (κ2) is 9.43. The summed E-state index contributed by atoms with van der Waals surface area (Å²) < 4.78 is 10.6. The number of nitrogens with zero attached hydrogens (tertiary/aromatic N) is 1. The zero-order valence-electron chi connectivity index (χ0n) is 15.8. The zero-order valence-corrected chi connectivity index (χ0v) is 15.8. The molecule has 1 aliphatic rings. The van der Waals surface area contributed by atoms with E-state index in [1.807, 2.05) is 11.8 Å². The van der Waals surface area contributed by atoms with Crippen molar-refractivity contribution >= 4 is 17.5 Å². The van der Waals surface area contributed by atoms with Gasteiger partial charge in [0.15, 0.2) is 11.5 Å². The van der Waals surface area contributed by atoms with E-state index < -0.39 is 6.04 Å². The number of hydrogen-bond acceptors (Lipinski definition) is 5. The lowest BCUT2D eigenvalue weighted by Crippen LogP contribution is -2.38. The smallest absolute Gasteiger partial charge is 0.256 e. The molecule has 144 valence electrons. The fourth-order valence-electron chi connectivity index (χ4n) is 3.09. The number of anilines is 1. The predicted molar refractivity (Wildman–Crippen MR) is 101 cm³/mol. The Morgan fingerprint density at radius 3 is 2.35 bits per heavy atom. The lowest BCUT2D eigenvalue weighted by atomic mass is 10.1. The van der Waals surface area contributed by atoms with E-state index >= 15 is 0 Å². The molecule has 1 aromatic carbocycles. The molecule has 2 rings (SSSR count). The Morgan fingerprint density at radius 2 is 1.77 bits per heavy atom. The molecule has 1 fully saturated rings. The number of amides is 2. The van der Waals surface area contributed by atoms with E-state index in [0.29, 0.717) is 29.2 Å². The van der Waals surface area contributed by atoms with Crippen molar-refractivity contribution in [1.82, 2.24) is 4.90 Å². The molecule has 1 atom stereocenters. The molecule has 7 heteroatoms. The second-order valence-corrected chi connectivity index (χ2v) is 6.49. The van der Waals surface area contributed by atoms with Gasteiger partial charge in [0.1, 0.15) is 0 Å². The molecule has 1 aliphatic heterocycles. The summed E-state index contributed by atoms with van der Waals surface area (Å²) in [6.07, 6.45) is 4.49. The second-order valence-electron chi connectivity index (χ2n) is 6.49. The highest BCUT2D eigenvalue weighted by molar-refractivity contribution is 6.05. The molecule has 0 aliphatic carbocycles. The summed E-state index contributed by atoms with van der Waals surface area (Å²) in [4.78, 5) is 27.2. The van der Waals surface area contributed by atoms with Crippen LogP contribution in [0.15, 0.2) is 12.1 Å². The van der Waals surface area contributed by atoms with Crippen molar-refractivity contribution in [1.29, 1.82) is 0 Å². The van der Waals surface area contributed by atoms with Gasteiger partial charge in [-0.25, -0.2) is 0 Å². The average Bonchev–Trinajstić information content (AvgIpc) is 2.67. The van der Waals surface area contributed by atoms with Crippen LogP contribution in [0.4, 0.5) is 5.69 Å². The number of likely N-dealkylation sites (tertiary alicyclic amines) is 1. The van der Waals surface area contributed by atoms with Crippen LogP contribution in [0.5, 0.6) is 11.5 Å². The van der Waals surface area contributed by atoms with Crippen LogP contribution in [0.25, 0.3) is 0 Å². The summed E-state index contributed by atoms with van der Waals surface area (Å²) >= 11 is 0. The Labute approximate surface area is 154 Å². The lowest BCUT2D eigenvalue weighted by molar-refractivity contribution is -0.117. The van der Waals surface area contributed by atoms with Crippen LogP contribution in [-0.4, -0.2) is 50.1 Å². The third-order valence-electron chi connectivity index (χ3n) is 4.59. The normalized spacial score (nSPS) is 15.3. The van der Waals surface area contributed by atoms with Gasteiger partial charge in [-0.1, -0.05) is 13.3 Å². The molecule has 0 radical (unpaired) electrons. The first kappa shape index (κ1) is 20.0. The van der Waals surface area contributed by atoms with Crippen molar-refractivity contribution in [3.05, 3.63) is 17.7 Å². The molecule has 1 heterocycles. The van der Waals surface area contributed by atoms with E-state index in [2.05, 4.69) is 5.32 Å². The van der Waals surface area contributed by atoms with Crippen molar-refractivity contribution in [3.63, 3.8) is 0 Å². The third kappa shape index (κ3) is 4.66. The van der Waals surface area contributed by atoms with Gasteiger partial charge in [0.2, 0.25) is 5.91 Å². The van der Waals surface area contributed by atoms with Crippen LogP contribution in [0.1, 0.15) is 49.4 Å². The number of nitrogens with one attached hydrogen (secondary N) is 1. The lowest BCUT2D eigenvalue weighted by Gasteiger charge is -2.28. The number of carbonyl (C=O) groups excluding carboxylic acids is 2. The largest absolute Gasteiger partial charge is 0.493 e. The molecule has 26 heavy (non-hydrogen) atoms. The highest BCUT2D eigenvalue weighted by atomic mass is 16.5. The van der Waals surface area contributed by atoms with Gasteiger partial charge in [-0.15, -0.1) is 0 Å². The fourth-order valence-corrected chi connectivity index (χ4v) is 3.09. The molecular formula is C19H29N3O4. The number of methoxy groups -OCH3 is 2. The monoisotopic (exact) mass is 363 g/mol. The summed E-state index contributed by atoms with van der Waals surface area (Å²) in [6.45, 7) is 3.40. The number of benzene rings is 1. The van der Waals surface area contributed by atoms with Gasteiger partial charge in [0, 0.05) is 19.2 Å². The number of piperidine rings is 1. The Bertz CT molecular complexity index is 642. The minimum absolute atomic E-state index is 0.120. The van der Waals surface area contributed by atoms with Crippen LogP contribution in [0.2, 0.25) is 0 Å². The standard InChI is InChI=1S/C19H29N3O4/c1-4-8-14(20)18(23)21-15-12-17(26-3)16(25-2)11-13(15)19(24)22-9-6-5-7-10-22/h11-12,14H,4-10,20H2,1-3H3,(H,21,23). The van der Waals surface area contributed by atoms with Crippen molar-refractivity contribution in [2.24, 2.45) is 5.73 Å². The predicted octanol–water partition coefficient (Wildman–Crippen LogP) is 2.40. The van der Waals surface area contributed by atoms with Gasteiger partial charge < -0.3 is 25.4 Å². The van der Waals surface area contributed by atoms with E-state index in [1.165, 1.54) is 14.2 Å². The van der Waals surface area contributed by atoms with Crippen LogP contribution >= 0.6 is 0 Å². The van der Waals surface area contributed by atoms with Crippen molar-refractivity contribution in [2.75, 3.05) is 32.6 Å². The van der Waals surface area contributed by atoms with Crippen LogP contribution in [0.3, 0.4) is 0 Å². The summed E-state index contributed by atoms with van der Waals surface area (Å²) in [6, 6.07) is 2.62. The number of hydrogen-bond donors (Lipinski definition) is 2. The molecule has 7 nitrogen and oxygen atoms in total. The molecular weight excluding hydrogens is 334 g/mol. The topological polar surface area (TPSA) is 93.9 Å². The molecule has 1 aromatic rings. The quantitative estimate of drug-likeness (QED) is 0.776. The fraction of sp³-hybridized carbons (Fsp3) is 0.579. The third-order valence-corrected chi connectivity index (χ3v) is 4.59. The van der Waals surface area contributed by atoms with Gasteiger partial charge >= 0.3 is 0 Å². The van der Waals surface area contributed by atoms with E-state index in [1.54, 1.807) is 12.1 Å². The Hall–Kier alpha value is -2.28. The van der Waals surface area contributed by atoms with Crippen LogP contribution in [-0.2, 0) is 4.79 Å². The number of rotatable bonds is 7. The van der Waals surface area contributed by atoms with Crippen molar-refractivity contribution in [2.45, 2.75) is 45.1 Å². The minimum atomic E-state index is -0.619. The maximum Gasteiger partial charge on any atom is 0.256 e. The van der Waals surface area contributed by atoms with Gasteiger partial charge in [-0.3, -0.25) is 9.59 Å². The average molecular weight is 363 g/mol. The molecule has 0 saturated carbocycles. The summed E-state index contributed by atoms with van der Waals surface area (Å²) in [5, 5.41) is 2.79. The highest BCUT2D eigenvalue weighted by Crippen LogP contribution is 2.34. The Morgan fingerprint density at radius 1 is 1.15 bits per heavy atom. The van der Waals surface area contributed by atoms with Gasteiger partial charge in [0.05, 0.1) is 31.5 Å². The van der Waals surface area contributed by atoms with E-state index in [0.717, 1.165) is 38.8 Å². The number of nitrogens with two attached hydrogens (primary N) is 1. The molecule has 0 bridgehead atoms.